The number of hydrogen-bond donors (Lipinski definition) is 1. The third kappa shape index (κ3) is 3.14. The molecule has 4 nitrogen and oxygen atoms in total. The lowest BCUT2D eigenvalue weighted by Gasteiger charge is -2.23. The number of fused-ring (bicyclic) bond motifs is 1. The van der Waals surface area contributed by atoms with Gasteiger partial charge in [0.05, 0.1) is 5.52 Å². The first kappa shape index (κ1) is 15.9. The third-order valence-corrected chi connectivity index (χ3v) is 5.99. The maximum atomic E-state index is 6.17. The number of rotatable bonds is 4. The number of thiophene rings is 1. The molecule has 1 aliphatic rings. The molecular weight excluding hydrogens is 338 g/mol. The molecule has 0 spiro atoms. The Labute approximate surface area is 149 Å². The predicted molar refractivity (Wildman–Crippen MR) is 101 cm³/mol. The van der Waals surface area contributed by atoms with Crippen LogP contribution in [0, 0.1) is 0 Å². The molecule has 1 aliphatic heterocycles. The summed E-state index contributed by atoms with van der Waals surface area (Å²) >= 11 is 3.42. The summed E-state index contributed by atoms with van der Waals surface area (Å²) in [6, 6.07) is 8.61. The Bertz CT molecular complexity index is 826. The van der Waals surface area contributed by atoms with Crippen LogP contribution in [0.5, 0.6) is 5.88 Å². The summed E-state index contributed by atoms with van der Waals surface area (Å²) in [7, 11) is 0. The van der Waals surface area contributed by atoms with Gasteiger partial charge in [-0.2, -0.15) is 0 Å². The first-order valence-corrected chi connectivity index (χ1v) is 10.2. The Morgan fingerprint density at radius 2 is 1.96 bits per heavy atom. The standard InChI is InChI=1S/C18H19N3OS2/c1-23-14-4-2-12(3-5-14)15-10-24-17-16(15)20-11-21-18(17)22-13-6-8-19-9-7-13/h2-5,10-11,13,19H,6-9H2,1H3. The van der Waals surface area contributed by atoms with Gasteiger partial charge < -0.3 is 10.1 Å². The molecule has 2 aromatic heterocycles. The fraction of sp³-hybridized carbons (Fsp3) is 0.333. The van der Waals surface area contributed by atoms with Crippen molar-refractivity contribution < 1.29 is 4.74 Å². The minimum Gasteiger partial charge on any atom is -0.473 e. The molecule has 0 amide bonds. The van der Waals surface area contributed by atoms with E-state index in [1.54, 1.807) is 29.4 Å². The van der Waals surface area contributed by atoms with Gasteiger partial charge in [0.1, 0.15) is 17.1 Å². The van der Waals surface area contributed by atoms with Gasteiger partial charge in [0.2, 0.25) is 5.88 Å². The molecule has 1 fully saturated rings. The molecule has 24 heavy (non-hydrogen) atoms. The zero-order valence-corrected chi connectivity index (χ0v) is 15.1. The summed E-state index contributed by atoms with van der Waals surface area (Å²) in [4.78, 5) is 10.2. The van der Waals surface area contributed by atoms with Gasteiger partial charge in [-0.15, -0.1) is 23.1 Å². The second kappa shape index (κ2) is 7.09. The van der Waals surface area contributed by atoms with E-state index in [4.69, 9.17) is 4.74 Å². The molecule has 6 heteroatoms. The smallest absolute Gasteiger partial charge is 0.235 e. The molecule has 4 rings (SSSR count). The fourth-order valence-corrected chi connectivity index (χ4v) is 4.33. The number of hydrogen-bond acceptors (Lipinski definition) is 6. The molecule has 0 atom stereocenters. The molecule has 0 bridgehead atoms. The molecule has 0 radical (unpaired) electrons. The van der Waals surface area contributed by atoms with Crippen LogP contribution in [0.15, 0.2) is 40.9 Å². The molecule has 1 aromatic carbocycles. The normalized spacial score (nSPS) is 15.7. The van der Waals surface area contributed by atoms with E-state index in [9.17, 15) is 0 Å². The van der Waals surface area contributed by atoms with Crippen LogP contribution < -0.4 is 10.1 Å². The maximum Gasteiger partial charge on any atom is 0.235 e. The van der Waals surface area contributed by atoms with Crippen molar-refractivity contribution in [2.24, 2.45) is 0 Å². The molecule has 1 N–H and O–H groups in total. The van der Waals surface area contributed by atoms with E-state index < -0.39 is 0 Å². The van der Waals surface area contributed by atoms with E-state index in [1.165, 1.54) is 10.5 Å². The topological polar surface area (TPSA) is 47.0 Å². The maximum absolute atomic E-state index is 6.17. The molecular formula is C18H19N3OS2. The van der Waals surface area contributed by atoms with Crippen molar-refractivity contribution >= 4 is 33.3 Å². The van der Waals surface area contributed by atoms with Crippen LogP contribution in [0.4, 0.5) is 0 Å². The number of nitrogens with zero attached hydrogens (tertiary/aromatic N) is 2. The van der Waals surface area contributed by atoms with Gasteiger partial charge >= 0.3 is 0 Å². The lowest BCUT2D eigenvalue weighted by atomic mass is 10.1. The van der Waals surface area contributed by atoms with Crippen LogP contribution in [0.1, 0.15) is 12.8 Å². The Kier molecular flexibility index (Phi) is 4.69. The molecule has 0 saturated carbocycles. The van der Waals surface area contributed by atoms with Gasteiger partial charge in [-0.1, -0.05) is 12.1 Å². The highest BCUT2D eigenvalue weighted by Crippen LogP contribution is 2.37. The van der Waals surface area contributed by atoms with Crippen molar-refractivity contribution in [2.45, 2.75) is 23.8 Å². The second-order valence-electron chi connectivity index (χ2n) is 5.80. The summed E-state index contributed by atoms with van der Waals surface area (Å²) in [5.74, 6) is 0.726. The van der Waals surface area contributed by atoms with Gasteiger partial charge in [-0.25, -0.2) is 9.97 Å². The van der Waals surface area contributed by atoms with E-state index in [1.807, 2.05) is 0 Å². The highest BCUT2D eigenvalue weighted by Gasteiger charge is 2.19. The van der Waals surface area contributed by atoms with Gasteiger partial charge in [0.15, 0.2) is 0 Å². The van der Waals surface area contributed by atoms with Crippen molar-refractivity contribution in [1.82, 2.24) is 15.3 Å². The van der Waals surface area contributed by atoms with Crippen LogP contribution in [0.3, 0.4) is 0 Å². The summed E-state index contributed by atoms with van der Waals surface area (Å²) in [6.07, 6.45) is 6.01. The van der Waals surface area contributed by atoms with E-state index in [2.05, 4.69) is 51.2 Å². The van der Waals surface area contributed by atoms with Crippen molar-refractivity contribution in [3.63, 3.8) is 0 Å². The van der Waals surface area contributed by atoms with Crippen LogP contribution >= 0.6 is 23.1 Å². The van der Waals surface area contributed by atoms with Crippen LogP contribution in [-0.4, -0.2) is 35.4 Å². The summed E-state index contributed by atoms with van der Waals surface area (Å²) in [5.41, 5.74) is 3.32. The largest absolute Gasteiger partial charge is 0.473 e. The first-order chi connectivity index (χ1) is 11.8. The quantitative estimate of drug-likeness (QED) is 0.709. The fourth-order valence-electron chi connectivity index (χ4n) is 2.96. The van der Waals surface area contributed by atoms with Crippen molar-refractivity contribution in [1.29, 1.82) is 0 Å². The van der Waals surface area contributed by atoms with Crippen LogP contribution in [0.25, 0.3) is 21.3 Å². The lowest BCUT2D eigenvalue weighted by molar-refractivity contribution is 0.158. The van der Waals surface area contributed by atoms with Crippen molar-refractivity contribution in [3.05, 3.63) is 36.0 Å². The van der Waals surface area contributed by atoms with Gasteiger partial charge in [0, 0.05) is 15.8 Å². The molecule has 3 heterocycles. The zero-order chi connectivity index (χ0) is 16.4. The SMILES string of the molecule is CSc1ccc(-c2csc3c(OC4CCNCC4)ncnc23)cc1. The highest BCUT2D eigenvalue weighted by atomic mass is 32.2. The Balaban J connectivity index is 1.67. The Morgan fingerprint density at radius 1 is 1.17 bits per heavy atom. The number of ether oxygens (including phenoxy) is 1. The summed E-state index contributed by atoms with van der Waals surface area (Å²) in [6.45, 7) is 2.02. The van der Waals surface area contributed by atoms with Crippen LogP contribution in [-0.2, 0) is 0 Å². The minimum atomic E-state index is 0.246. The monoisotopic (exact) mass is 357 g/mol. The number of aromatic nitrogens is 2. The molecule has 3 aromatic rings. The number of benzene rings is 1. The van der Waals surface area contributed by atoms with Crippen LogP contribution in [0.2, 0.25) is 0 Å². The minimum absolute atomic E-state index is 0.246. The van der Waals surface area contributed by atoms with E-state index in [0.717, 1.165) is 47.6 Å². The molecule has 124 valence electrons. The molecule has 1 saturated heterocycles. The lowest BCUT2D eigenvalue weighted by Crippen LogP contribution is -2.34. The van der Waals surface area contributed by atoms with Gasteiger partial charge in [0.25, 0.3) is 0 Å². The average Bonchev–Trinajstić information content (AvgIpc) is 3.08. The average molecular weight is 358 g/mol. The van der Waals surface area contributed by atoms with E-state index in [0.29, 0.717) is 0 Å². The summed E-state index contributed by atoms with van der Waals surface area (Å²) < 4.78 is 7.21. The number of thioether (sulfide) groups is 1. The first-order valence-electron chi connectivity index (χ1n) is 8.09. The van der Waals surface area contributed by atoms with Gasteiger partial charge in [-0.3, -0.25) is 0 Å². The Hall–Kier alpha value is -1.63. The highest BCUT2D eigenvalue weighted by molar-refractivity contribution is 7.98. The van der Waals surface area contributed by atoms with Gasteiger partial charge in [-0.05, 0) is 49.9 Å². The van der Waals surface area contributed by atoms with Crippen molar-refractivity contribution in [2.75, 3.05) is 19.3 Å². The second-order valence-corrected chi connectivity index (χ2v) is 7.56. The van der Waals surface area contributed by atoms with E-state index in [-0.39, 0.29) is 6.10 Å². The predicted octanol–water partition coefficient (Wildman–Crippen LogP) is 4.21. The van der Waals surface area contributed by atoms with Crippen molar-refractivity contribution in [3.8, 4) is 17.0 Å². The summed E-state index contributed by atoms with van der Waals surface area (Å²) in [5, 5.41) is 5.52. The number of piperidine rings is 1. The number of nitrogens with one attached hydrogen (secondary N) is 1. The zero-order valence-electron chi connectivity index (χ0n) is 13.5. The molecule has 0 aliphatic carbocycles. The molecule has 0 unspecified atom stereocenters. The van der Waals surface area contributed by atoms with E-state index >= 15 is 0 Å². The third-order valence-electron chi connectivity index (χ3n) is 4.29. The Morgan fingerprint density at radius 3 is 2.71 bits per heavy atom.